The summed E-state index contributed by atoms with van der Waals surface area (Å²) in [7, 11) is 0. The zero-order valence-electron chi connectivity index (χ0n) is 21.1. The second kappa shape index (κ2) is 12.2. The van der Waals surface area contributed by atoms with Gasteiger partial charge in [0.05, 0.1) is 5.52 Å². The molecule has 6 nitrogen and oxygen atoms in total. The van der Waals surface area contributed by atoms with Gasteiger partial charge >= 0.3 is 11.9 Å². The number of halogens is 1. The lowest BCUT2D eigenvalue weighted by Gasteiger charge is -2.18. The van der Waals surface area contributed by atoms with Crippen molar-refractivity contribution in [2.75, 3.05) is 0 Å². The minimum Gasteiger partial charge on any atom is -0.486 e. The van der Waals surface area contributed by atoms with Crippen molar-refractivity contribution in [3.63, 3.8) is 0 Å². The van der Waals surface area contributed by atoms with Crippen LogP contribution in [0.15, 0.2) is 72.9 Å². The first-order valence-electron chi connectivity index (χ1n) is 12.6. The third-order valence-electron chi connectivity index (χ3n) is 6.39. The molecule has 196 valence electrons. The molecule has 1 heterocycles. The van der Waals surface area contributed by atoms with Gasteiger partial charge in [-0.2, -0.15) is 0 Å². The molecule has 1 atom stereocenters. The molecule has 4 rings (SSSR count). The van der Waals surface area contributed by atoms with E-state index in [-0.39, 0.29) is 24.9 Å². The molecule has 3 aromatic carbocycles. The first-order chi connectivity index (χ1) is 18.4. The Hall–Kier alpha value is -4.39. The summed E-state index contributed by atoms with van der Waals surface area (Å²) in [5.41, 5.74) is 4.04. The van der Waals surface area contributed by atoms with Crippen LogP contribution >= 0.6 is 0 Å². The Labute approximate surface area is 220 Å². The van der Waals surface area contributed by atoms with Crippen LogP contribution in [0.2, 0.25) is 0 Å². The van der Waals surface area contributed by atoms with Crippen LogP contribution < -0.4 is 4.74 Å². The number of hydrogen-bond donors (Lipinski definition) is 2. The zero-order valence-corrected chi connectivity index (χ0v) is 21.1. The Morgan fingerprint density at radius 1 is 0.974 bits per heavy atom. The van der Waals surface area contributed by atoms with Crippen molar-refractivity contribution in [1.29, 1.82) is 0 Å². The first kappa shape index (κ1) is 26.7. The number of ether oxygens (including phenoxy) is 1. The van der Waals surface area contributed by atoms with Gasteiger partial charge in [-0.3, -0.25) is 9.59 Å². The van der Waals surface area contributed by atoms with E-state index >= 15 is 0 Å². The molecule has 1 aromatic heterocycles. The number of carbonyl (C=O) groups is 2. The van der Waals surface area contributed by atoms with Gasteiger partial charge in [-0.1, -0.05) is 67.6 Å². The number of benzene rings is 3. The molecular weight excluding hydrogens is 485 g/mol. The van der Waals surface area contributed by atoms with Crippen LogP contribution in [0.4, 0.5) is 4.39 Å². The number of aryl methyl sites for hydroxylation is 1. The van der Waals surface area contributed by atoms with Crippen molar-refractivity contribution < 1.29 is 28.9 Å². The summed E-state index contributed by atoms with van der Waals surface area (Å²) in [6.45, 7) is 1.76. The summed E-state index contributed by atoms with van der Waals surface area (Å²) in [6, 6.07) is 19.9. The summed E-state index contributed by atoms with van der Waals surface area (Å²) in [5, 5.41) is 19.3. The van der Waals surface area contributed by atoms with Crippen LogP contribution in [0.1, 0.15) is 54.5 Å². The number of carboxylic acid groups (broad SMARTS) is 2. The van der Waals surface area contributed by atoms with E-state index in [1.165, 1.54) is 6.07 Å². The smallest absolute Gasteiger partial charge is 0.323 e. The Balaban J connectivity index is 1.56. The fourth-order valence-corrected chi connectivity index (χ4v) is 4.61. The van der Waals surface area contributed by atoms with Crippen molar-refractivity contribution in [3.8, 4) is 5.75 Å². The van der Waals surface area contributed by atoms with E-state index in [1.807, 2.05) is 67.7 Å². The number of fused-ring (bicyclic) bond motifs is 1. The normalized spacial score (nSPS) is 12.2. The monoisotopic (exact) mass is 515 g/mol. The van der Waals surface area contributed by atoms with Gasteiger partial charge in [0.25, 0.3) is 0 Å². The molecule has 4 aromatic rings. The van der Waals surface area contributed by atoms with Gasteiger partial charge < -0.3 is 19.5 Å². The number of carboxylic acids is 2. The van der Waals surface area contributed by atoms with Crippen LogP contribution in [0.3, 0.4) is 0 Å². The highest BCUT2D eigenvalue weighted by Gasteiger charge is 2.16. The van der Waals surface area contributed by atoms with Gasteiger partial charge in [0.15, 0.2) is 0 Å². The molecule has 7 heteroatoms. The van der Waals surface area contributed by atoms with Crippen molar-refractivity contribution in [2.24, 2.45) is 0 Å². The van der Waals surface area contributed by atoms with E-state index in [2.05, 4.69) is 0 Å². The molecule has 0 spiro atoms. The lowest BCUT2D eigenvalue weighted by Crippen LogP contribution is -2.08. The standard InChI is InChI=1S/C31H30FNO5/c1-2-28(26-9-3-4-11-27(26)32)38-24-17-14-21(15-18-24)13-16-22-7-5-10-25-23(8-6-12-29(34)35)19-33(31(22)25)20-30(36)37/h3-5,7,9-11,13-19,28H,2,6,8,12,20H2,1H3,(H,34,35)(H,36,37)/b16-13+. The van der Waals surface area contributed by atoms with E-state index in [1.54, 1.807) is 22.8 Å². The van der Waals surface area contributed by atoms with Crippen molar-refractivity contribution in [3.05, 3.63) is 101 Å². The lowest BCUT2D eigenvalue weighted by atomic mass is 10.0. The zero-order chi connectivity index (χ0) is 27.1. The predicted molar refractivity (Wildman–Crippen MR) is 146 cm³/mol. The Bertz CT molecular complexity index is 1460. The maximum absolute atomic E-state index is 14.2. The van der Waals surface area contributed by atoms with Gasteiger partial charge in [0.1, 0.15) is 24.2 Å². The fourth-order valence-electron chi connectivity index (χ4n) is 4.61. The SMILES string of the molecule is CCC(Oc1ccc(/C=C/c2cccc3c(CCCC(=O)O)cn(CC(=O)O)c23)cc1)c1ccccc1F. The van der Waals surface area contributed by atoms with E-state index in [0.29, 0.717) is 30.6 Å². The topological polar surface area (TPSA) is 88.8 Å². The molecule has 0 saturated heterocycles. The van der Waals surface area contributed by atoms with Crippen molar-refractivity contribution >= 4 is 35.0 Å². The molecule has 0 bridgehead atoms. The molecule has 0 fully saturated rings. The maximum atomic E-state index is 14.2. The van der Waals surface area contributed by atoms with Gasteiger partial charge in [-0.25, -0.2) is 4.39 Å². The highest BCUT2D eigenvalue weighted by molar-refractivity contribution is 5.94. The quantitative estimate of drug-likeness (QED) is 0.199. The number of aromatic nitrogens is 1. The molecule has 1 unspecified atom stereocenters. The van der Waals surface area contributed by atoms with E-state index in [9.17, 15) is 19.1 Å². The van der Waals surface area contributed by atoms with Crippen molar-refractivity contribution in [1.82, 2.24) is 4.57 Å². The van der Waals surface area contributed by atoms with E-state index in [4.69, 9.17) is 9.84 Å². The Morgan fingerprint density at radius 3 is 2.42 bits per heavy atom. The summed E-state index contributed by atoms with van der Waals surface area (Å²) in [4.78, 5) is 22.4. The van der Waals surface area contributed by atoms with Gasteiger partial charge in [-0.15, -0.1) is 0 Å². The molecule has 2 N–H and O–H groups in total. The third-order valence-corrected chi connectivity index (χ3v) is 6.39. The minimum absolute atomic E-state index is 0.0597. The molecule has 0 aliphatic carbocycles. The van der Waals surface area contributed by atoms with Crippen molar-refractivity contribution in [2.45, 2.75) is 45.3 Å². The third kappa shape index (κ3) is 6.48. The van der Waals surface area contributed by atoms with E-state index < -0.39 is 11.9 Å². The second-order valence-electron chi connectivity index (χ2n) is 9.11. The minimum atomic E-state index is -0.950. The van der Waals surface area contributed by atoms with Gasteiger partial charge in [0, 0.05) is 23.6 Å². The largest absolute Gasteiger partial charge is 0.486 e. The Kier molecular flexibility index (Phi) is 8.58. The highest BCUT2D eigenvalue weighted by Crippen LogP contribution is 2.29. The summed E-state index contributed by atoms with van der Waals surface area (Å²) in [6.07, 6.45) is 7.01. The van der Waals surface area contributed by atoms with Crippen LogP contribution in [-0.2, 0) is 22.6 Å². The molecule has 0 amide bonds. The maximum Gasteiger partial charge on any atom is 0.323 e. The average molecular weight is 516 g/mol. The number of para-hydroxylation sites is 1. The fraction of sp³-hybridized carbons (Fsp3) is 0.226. The highest BCUT2D eigenvalue weighted by atomic mass is 19.1. The summed E-state index contributed by atoms with van der Waals surface area (Å²) < 4.78 is 22.0. The second-order valence-corrected chi connectivity index (χ2v) is 9.11. The molecule has 0 aliphatic heterocycles. The predicted octanol–water partition coefficient (Wildman–Crippen LogP) is 6.97. The summed E-state index contributed by atoms with van der Waals surface area (Å²) in [5.74, 6) is -1.45. The number of aliphatic carboxylic acids is 2. The van der Waals surface area contributed by atoms with Crippen LogP contribution in [0.5, 0.6) is 5.75 Å². The van der Waals surface area contributed by atoms with Gasteiger partial charge in [0.2, 0.25) is 0 Å². The van der Waals surface area contributed by atoms with Crippen LogP contribution in [0.25, 0.3) is 23.1 Å². The van der Waals surface area contributed by atoms with E-state index in [0.717, 1.165) is 27.6 Å². The Morgan fingerprint density at radius 2 is 1.74 bits per heavy atom. The molecule has 0 aliphatic rings. The summed E-state index contributed by atoms with van der Waals surface area (Å²) >= 11 is 0. The molecule has 38 heavy (non-hydrogen) atoms. The van der Waals surface area contributed by atoms with Crippen LogP contribution in [-0.4, -0.2) is 26.7 Å². The number of rotatable bonds is 12. The lowest BCUT2D eigenvalue weighted by molar-refractivity contribution is -0.138. The van der Waals surface area contributed by atoms with Gasteiger partial charge in [-0.05, 0) is 54.2 Å². The molecule has 0 saturated carbocycles. The van der Waals surface area contributed by atoms with Crippen LogP contribution in [0, 0.1) is 5.82 Å². The molecule has 0 radical (unpaired) electrons. The molecular formula is C31H30FNO5. The first-order valence-corrected chi connectivity index (χ1v) is 12.6. The number of hydrogen-bond acceptors (Lipinski definition) is 3. The average Bonchev–Trinajstić information content (AvgIpc) is 3.24. The number of nitrogens with zero attached hydrogens (tertiary/aromatic N) is 1.